The average molecular weight is 255 g/mol. The van der Waals surface area contributed by atoms with Gasteiger partial charge in [0.15, 0.2) is 5.58 Å². The highest BCUT2D eigenvalue weighted by Crippen LogP contribution is 2.26. The van der Waals surface area contributed by atoms with Gasteiger partial charge in [-0.05, 0) is 36.4 Å². The summed E-state index contributed by atoms with van der Waals surface area (Å²) in [5.41, 5.74) is 2.74. The van der Waals surface area contributed by atoms with Crippen molar-refractivity contribution in [3.63, 3.8) is 0 Å². The van der Waals surface area contributed by atoms with Crippen LogP contribution in [0.1, 0.15) is 5.56 Å². The highest BCUT2D eigenvalue weighted by molar-refractivity contribution is 6.31. The third kappa shape index (κ3) is 1.83. The minimum atomic E-state index is 0.490. The van der Waals surface area contributed by atoms with E-state index in [0.29, 0.717) is 27.6 Å². The van der Waals surface area contributed by atoms with E-state index in [1.807, 2.05) is 6.07 Å². The summed E-state index contributed by atoms with van der Waals surface area (Å²) in [5.74, 6) is 0.490. The van der Waals surface area contributed by atoms with Crippen molar-refractivity contribution in [2.24, 2.45) is 0 Å². The van der Waals surface area contributed by atoms with Crippen LogP contribution in [0.2, 0.25) is 5.02 Å². The molecule has 3 nitrogen and oxygen atoms in total. The van der Waals surface area contributed by atoms with Crippen LogP contribution in [-0.4, -0.2) is 4.98 Å². The van der Waals surface area contributed by atoms with Crippen molar-refractivity contribution in [3.05, 3.63) is 53.1 Å². The third-order valence-electron chi connectivity index (χ3n) is 2.59. The Kier molecular flexibility index (Phi) is 2.51. The third-order valence-corrected chi connectivity index (χ3v) is 2.82. The van der Waals surface area contributed by atoms with Crippen LogP contribution < -0.4 is 0 Å². The lowest BCUT2D eigenvalue weighted by molar-refractivity contribution is 0.620. The van der Waals surface area contributed by atoms with Gasteiger partial charge in [-0.2, -0.15) is 5.26 Å². The van der Waals surface area contributed by atoms with Gasteiger partial charge in [0.1, 0.15) is 5.52 Å². The molecule has 0 bridgehead atoms. The first-order valence-corrected chi connectivity index (χ1v) is 5.71. The number of hydrogen-bond donors (Lipinski definition) is 0. The van der Waals surface area contributed by atoms with Crippen molar-refractivity contribution >= 4 is 22.7 Å². The van der Waals surface area contributed by atoms with Crippen molar-refractivity contribution in [1.29, 1.82) is 5.26 Å². The predicted octanol–water partition coefficient (Wildman–Crippen LogP) is 4.02. The Morgan fingerprint density at radius 1 is 1.17 bits per heavy atom. The molecule has 0 fully saturated rings. The second-order valence-electron chi connectivity index (χ2n) is 3.82. The average Bonchev–Trinajstić information content (AvgIpc) is 2.81. The van der Waals surface area contributed by atoms with Crippen LogP contribution in [0.3, 0.4) is 0 Å². The van der Waals surface area contributed by atoms with Crippen molar-refractivity contribution in [2.75, 3.05) is 0 Å². The molecule has 0 aliphatic carbocycles. The number of nitriles is 1. The van der Waals surface area contributed by atoms with E-state index in [0.717, 1.165) is 5.56 Å². The monoisotopic (exact) mass is 254 g/mol. The van der Waals surface area contributed by atoms with Crippen LogP contribution in [-0.2, 0) is 0 Å². The first-order chi connectivity index (χ1) is 8.76. The standard InChI is InChI=1S/C14H7ClN2O/c15-11-4-5-13-12(7-11)17-14(18-13)10-3-1-2-9(6-10)8-16/h1-7H. The predicted molar refractivity (Wildman–Crippen MR) is 69.2 cm³/mol. The van der Waals surface area contributed by atoms with Crippen molar-refractivity contribution in [2.45, 2.75) is 0 Å². The lowest BCUT2D eigenvalue weighted by Crippen LogP contribution is -1.79. The van der Waals surface area contributed by atoms with Crippen LogP contribution in [0.25, 0.3) is 22.6 Å². The number of nitrogens with zero attached hydrogens (tertiary/aromatic N) is 2. The minimum Gasteiger partial charge on any atom is -0.436 e. The molecule has 1 aromatic heterocycles. The van der Waals surface area contributed by atoms with Gasteiger partial charge in [-0.1, -0.05) is 17.7 Å². The van der Waals surface area contributed by atoms with Gasteiger partial charge < -0.3 is 4.42 Å². The van der Waals surface area contributed by atoms with Crippen molar-refractivity contribution in [3.8, 4) is 17.5 Å². The molecule has 0 saturated carbocycles. The molecule has 0 aliphatic heterocycles. The molecule has 1 heterocycles. The fourth-order valence-electron chi connectivity index (χ4n) is 1.75. The van der Waals surface area contributed by atoms with Gasteiger partial charge in [-0.25, -0.2) is 4.98 Å². The molecular weight excluding hydrogens is 248 g/mol. The number of hydrogen-bond acceptors (Lipinski definition) is 3. The van der Waals surface area contributed by atoms with Gasteiger partial charge in [0.25, 0.3) is 0 Å². The van der Waals surface area contributed by atoms with Crippen LogP contribution in [0.4, 0.5) is 0 Å². The summed E-state index contributed by atoms with van der Waals surface area (Å²) < 4.78 is 5.63. The summed E-state index contributed by atoms with van der Waals surface area (Å²) in [6.07, 6.45) is 0. The molecule has 0 amide bonds. The van der Waals surface area contributed by atoms with Crippen LogP contribution in [0, 0.1) is 11.3 Å². The Morgan fingerprint density at radius 3 is 2.89 bits per heavy atom. The van der Waals surface area contributed by atoms with E-state index in [1.165, 1.54) is 0 Å². The Morgan fingerprint density at radius 2 is 2.06 bits per heavy atom. The Hall–Kier alpha value is -2.31. The SMILES string of the molecule is N#Cc1cccc(-c2nc3cc(Cl)ccc3o2)c1. The largest absolute Gasteiger partial charge is 0.436 e. The zero-order valence-corrected chi connectivity index (χ0v) is 9.98. The summed E-state index contributed by atoms with van der Waals surface area (Å²) in [5, 5.41) is 9.49. The molecule has 0 unspecified atom stereocenters. The van der Waals surface area contributed by atoms with Gasteiger partial charge in [0, 0.05) is 10.6 Å². The van der Waals surface area contributed by atoms with E-state index in [2.05, 4.69) is 11.1 Å². The second kappa shape index (κ2) is 4.17. The summed E-state index contributed by atoms with van der Waals surface area (Å²) in [4.78, 5) is 4.36. The molecule has 0 N–H and O–H groups in total. The fraction of sp³-hybridized carbons (Fsp3) is 0. The quantitative estimate of drug-likeness (QED) is 0.659. The molecule has 3 rings (SSSR count). The second-order valence-corrected chi connectivity index (χ2v) is 4.26. The minimum absolute atomic E-state index is 0.490. The number of benzene rings is 2. The highest BCUT2D eigenvalue weighted by Gasteiger charge is 2.08. The molecule has 4 heteroatoms. The molecule has 2 aromatic carbocycles. The maximum absolute atomic E-state index is 8.87. The van der Waals surface area contributed by atoms with Gasteiger partial charge in [0.2, 0.25) is 5.89 Å². The maximum atomic E-state index is 8.87. The molecule has 18 heavy (non-hydrogen) atoms. The number of oxazole rings is 1. The van der Waals surface area contributed by atoms with Crippen LogP contribution in [0.5, 0.6) is 0 Å². The molecule has 0 spiro atoms. The first-order valence-electron chi connectivity index (χ1n) is 5.33. The fourth-order valence-corrected chi connectivity index (χ4v) is 1.91. The van der Waals surface area contributed by atoms with Crippen molar-refractivity contribution < 1.29 is 4.42 Å². The number of rotatable bonds is 1. The van der Waals surface area contributed by atoms with E-state index < -0.39 is 0 Å². The van der Waals surface area contributed by atoms with Gasteiger partial charge in [0.05, 0.1) is 11.6 Å². The molecule has 0 atom stereocenters. The summed E-state index contributed by atoms with van der Waals surface area (Å²) in [6.45, 7) is 0. The van der Waals surface area contributed by atoms with Crippen LogP contribution >= 0.6 is 11.6 Å². The normalized spacial score (nSPS) is 10.4. The zero-order chi connectivity index (χ0) is 12.5. The first kappa shape index (κ1) is 10.8. The Balaban J connectivity index is 2.16. The molecule has 3 aromatic rings. The zero-order valence-electron chi connectivity index (χ0n) is 9.22. The summed E-state index contributed by atoms with van der Waals surface area (Å²) in [7, 11) is 0. The lowest BCUT2D eigenvalue weighted by Gasteiger charge is -1.94. The summed E-state index contributed by atoms with van der Waals surface area (Å²) >= 11 is 5.90. The Bertz CT molecular complexity index is 771. The number of halogens is 1. The molecule has 0 aliphatic rings. The Labute approximate surface area is 108 Å². The lowest BCUT2D eigenvalue weighted by atomic mass is 10.1. The van der Waals surface area contributed by atoms with E-state index in [4.69, 9.17) is 21.3 Å². The van der Waals surface area contributed by atoms with Crippen molar-refractivity contribution in [1.82, 2.24) is 4.98 Å². The van der Waals surface area contributed by atoms with Gasteiger partial charge >= 0.3 is 0 Å². The number of aromatic nitrogens is 1. The number of fused-ring (bicyclic) bond motifs is 1. The molecule has 0 saturated heterocycles. The highest BCUT2D eigenvalue weighted by atomic mass is 35.5. The van der Waals surface area contributed by atoms with Crippen LogP contribution in [0.15, 0.2) is 46.9 Å². The molecule has 86 valence electrons. The maximum Gasteiger partial charge on any atom is 0.227 e. The topological polar surface area (TPSA) is 49.8 Å². The van der Waals surface area contributed by atoms with Gasteiger partial charge in [-0.3, -0.25) is 0 Å². The van der Waals surface area contributed by atoms with E-state index >= 15 is 0 Å². The molecular formula is C14H7ClN2O. The smallest absolute Gasteiger partial charge is 0.227 e. The van der Waals surface area contributed by atoms with Gasteiger partial charge in [-0.15, -0.1) is 0 Å². The molecule has 0 radical (unpaired) electrons. The van der Waals surface area contributed by atoms with E-state index in [9.17, 15) is 0 Å². The van der Waals surface area contributed by atoms with E-state index in [-0.39, 0.29) is 0 Å². The summed E-state index contributed by atoms with van der Waals surface area (Å²) in [6, 6.07) is 14.5. The van der Waals surface area contributed by atoms with E-state index in [1.54, 1.807) is 36.4 Å².